The van der Waals surface area contributed by atoms with Gasteiger partial charge in [-0.1, -0.05) is 50.1 Å². The molecule has 2 nitrogen and oxygen atoms in total. The first-order valence-corrected chi connectivity index (χ1v) is 9.45. The van der Waals surface area contributed by atoms with Gasteiger partial charge < -0.3 is 10.8 Å². The Morgan fingerprint density at radius 2 is 1.90 bits per heavy atom. The second-order valence-electron chi connectivity index (χ2n) is 5.33. The van der Waals surface area contributed by atoms with Gasteiger partial charge >= 0.3 is 0 Å². The summed E-state index contributed by atoms with van der Waals surface area (Å²) in [5, 5.41) is 10.9. The second kappa shape index (κ2) is 7.74. The molecule has 0 amide bonds. The van der Waals surface area contributed by atoms with Crippen LogP contribution in [0.2, 0.25) is 0 Å². The van der Waals surface area contributed by atoms with E-state index in [1.165, 1.54) is 12.0 Å². The molecule has 1 heterocycles. The molecule has 0 bridgehead atoms. The summed E-state index contributed by atoms with van der Waals surface area (Å²) in [5.74, 6) is 2.19. The summed E-state index contributed by atoms with van der Waals surface area (Å²) in [4.78, 5) is 0. The van der Waals surface area contributed by atoms with Crippen LogP contribution in [0.5, 0.6) is 0 Å². The minimum Gasteiger partial charge on any atom is -0.389 e. The van der Waals surface area contributed by atoms with E-state index >= 15 is 0 Å². The molecule has 3 N–H and O–H groups in total. The molecule has 0 radical (unpaired) electrons. The van der Waals surface area contributed by atoms with Crippen molar-refractivity contribution in [1.82, 2.24) is 0 Å². The van der Waals surface area contributed by atoms with E-state index < -0.39 is 6.10 Å². The van der Waals surface area contributed by atoms with Gasteiger partial charge in [-0.2, -0.15) is 0 Å². The molecule has 1 saturated heterocycles. The highest BCUT2D eigenvalue weighted by atomic mass is 32.2. The van der Waals surface area contributed by atoms with E-state index in [9.17, 15) is 5.11 Å². The summed E-state index contributed by atoms with van der Waals surface area (Å²) in [6, 6.07) is 10.2. The third kappa shape index (κ3) is 3.53. The molecule has 0 aromatic heterocycles. The molecular weight excluding hydrogens is 286 g/mol. The Kier molecular flexibility index (Phi) is 6.27. The monoisotopic (exact) mass is 311 g/mol. The maximum atomic E-state index is 10.9. The summed E-state index contributed by atoms with van der Waals surface area (Å²) in [5.41, 5.74) is 7.48. The minimum absolute atomic E-state index is 0.145. The molecule has 2 rings (SSSR count). The third-order valence-electron chi connectivity index (χ3n) is 3.78. The van der Waals surface area contributed by atoms with Crippen molar-refractivity contribution in [3.63, 3.8) is 0 Å². The Hall–Kier alpha value is -0.160. The molecule has 1 aromatic carbocycles. The topological polar surface area (TPSA) is 46.2 Å². The maximum Gasteiger partial charge on any atom is 0.113 e. The van der Waals surface area contributed by atoms with Crippen molar-refractivity contribution >= 4 is 23.5 Å². The highest BCUT2D eigenvalue weighted by Crippen LogP contribution is 2.53. The molecule has 20 heavy (non-hydrogen) atoms. The first kappa shape index (κ1) is 16.2. The standard InChI is InChI=1S/C16H25NOS2/c1-2-3-10-14(17)15(18)16(19-11-7-12-20-16)13-8-5-4-6-9-13/h4-6,8-9,14-15,18H,2-3,7,10-12,17H2,1H3/t14-,15?/m0/s1. The van der Waals surface area contributed by atoms with E-state index in [4.69, 9.17) is 5.73 Å². The van der Waals surface area contributed by atoms with Crippen molar-refractivity contribution < 1.29 is 5.11 Å². The van der Waals surface area contributed by atoms with Crippen molar-refractivity contribution in [3.05, 3.63) is 35.9 Å². The van der Waals surface area contributed by atoms with Crippen LogP contribution in [-0.2, 0) is 4.08 Å². The lowest BCUT2D eigenvalue weighted by molar-refractivity contribution is 0.126. The average Bonchev–Trinajstić information content (AvgIpc) is 2.53. The van der Waals surface area contributed by atoms with Crippen LogP contribution in [0.4, 0.5) is 0 Å². The van der Waals surface area contributed by atoms with Crippen LogP contribution >= 0.6 is 23.5 Å². The van der Waals surface area contributed by atoms with E-state index in [0.29, 0.717) is 0 Å². The first-order chi connectivity index (χ1) is 9.70. The predicted octanol–water partition coefficient (Wildman–Crippen LogP) is 3.59. The second-order valence-corrected chi connectivity index (χ2v) is 8.28. The average molecular weight is 312 g/mol. The predicted molar refractivity (Wildman–Crippen MR) is 91.2 cm³/mol. The van der Waals surface area contributed by atoms with Gasteiger partial charge in [0.15, 0.2) is 0 Å². The number of hydrogen-bond acceptors (Lipinski definition) is 4. The number of aliphatic hydroxyl groups is 1. The summed E-state index contributed by atoms with van der Waals surface area (Å²) in [7, 11) is 0. The smallest absolute Gasteiger partial charge is 0.113 e. The number of benzene rings is 1. The summed E-state index contributed by atoms with van der Waals surface area (Å²) in [6.45, 7) is 2.16. The third-order valence-corrected chi connectivity index (χ3v) is 7.29. The largest absolute Gasteiger partial charge is 0.389 e. The first-order valence-electron chi connectivity index (χ1n) is 7.48. The van der Waals surface area contributed by atoms with Gasteiger partial charge in [0.05, 0.1) is 6.10 Å². The molecule has 1 aromatic rings. The van der Waals surface area contributed by atoms with E-state index in [0.717, 1.165) is 30.8 Å². The Bertz CT molecular complexity index is 393. The van der Waals surface area contributed by atoms with Crippen molar-refractivity contribution in [2.24, 2.45) is 5.73 Å². The Labute approximate surface area is 130 Å². The molecule has 4 heteroatoms. The van der Waals surface area contributed by atoms with Crippen LogP contribution in [0.1, 0.15) is 38.2 Å². The van der Waals surface area contributed by atoms with E-state index in [2.05, 4.69) is 31.2 Å². The van der Waals surface area contributed by atoms with Gasteiger partial charge in [0, 0.05) is 6.04 Å². The molecule has 0 spiro atoms. The summed E-state index contributed by atoms with van der Waals surface area (Å²) < 4.78 is -0.285. The van der Waals surface area contributed by atoms with Crippen LogP contribution in [0.15, 0.2) is 30.3 Å². The van der Waals surface area contributed by atoms with Crippen LogP contribution in [-0.4, -0.2) is 28.8 Å². The highest BCUT2D eigenvalue weighted by Gasteiger charge is 2.44. The van der Waals surface area contributed by atoms with Crippen LogP contribution in [0, 0.1) is 0 Å². The fraction of sp³-hybridized carbons (Fsp3) is 0.625. The summed E-state index contributed by atoms with van der Waals surface area (Å²) in [6.07, 6.45) is 3.82. The molecule has 0 saturated carbocycles. The number of unbranched alkanes of at least 4 members (excludes halogenated alkanes) is 1. The lowest BCUT2D eigenvalue weighted by atomic mass is 9.97. The molecule has 1 aliphatic heterocycles. The fourth-order valence-corrected chi connectivity index (χ4v) is 6.10. The normalized spacial score (nSPS) is 21.4. The van der Waals surface area contributed by atoms with Gasteiger partial charge in [-0.3, -0.25) is 0 Å². The van der Waals surface area contributed by atoms with Crippen molar-refractivity contribution in [2.45, 2.75) is 48.8 Å². The van der Waals surface area contributed by atoms with Gasteiger partial charge in [-0.05, 0) is 29.9 Å². The lowest BCUT2D eigenvalue weighted by Gasteiger charge is -2.42. The number of thioether (sulfide) groups is 2. The maximum absolute atomic E-state index is 10.9. The van der Waals surface area contributed by atoms with Crippen molar-refractivity contribution in [3.8, 4) is 0 Å². The molecule has 0 aliphatic carbocycles. The highest BCUT2D eigenvalue weighted by molar-refractivity contribution is 8.18. The van der Waals surface area contributed by atoms with Gasteiger partial charge in [-0.15, -0.1) is 23.5 Å². The SMILES string of the molecule is CCCC[C@H](N)C(O)C1(c2ccccc2)SCCCS1. The van der Waals surface area contributed by atoms with E-state index in [1.54, 1.807) is 0 Å². The van der Waals surface area contributed by atoms with Gasteiger partial charge in [0.2, 0.25) is 0 Å². The van der Waals surface area contributed by atoms with E-state index in [1.807, 2.05) is 29.6 Å². The molecule has 1 aliphatic rings. The number of nitrogens with two attached hydrogens (primary N) is 1. The summed E-state index contributed by atoms with van der Waals surface area (Å²) >= 11 is 3.73. The number of rotatable bonds is 6. The van der Waals surface area contributed by atoms with Crippen LogP contribution in [0.25, 0.3) is 0 Å². The van der Waals surface area contributed by atoms with Crippen LogP contribution in [0.3, 0.4) is 0 Å². The number of aliphatic hydroxyl groups excluding tert-OH is 1. The quantitative estimate of drug-likeness (QED) is 0.843. The zero-order valence-corrected chi connectivity index (χ0v) is 13.8. The zero-order chi connectivity index (χ0) is 14.4. The Morgan fingerprint density at radius 1 is 1.25 bits per heavy atom. The molecular formula is C16H25NOS2. The van der Waals surface area contributed by atoms with Crippen LogP contribution < -0.4 is 5.73 Å². The molecule has 1 unspecified atom stereocenters. The fourth-order valence-electron chi connectivity index (χ4n) is 2.61. The van der Waals surface area contributed by atoms with Crippen molar-refractivity contribution in [2.75, 3.05) is 11.5 Å². The Balaban J connectivity index is 2.23. The lowest BCUT2D eigenvalue weighted by Crippen LogP contribution is -2.48. The van der Waals surface area contributed by atoms with Gasteiger partial charge in [0.25, 0.3) is 0 Å². The molecule has 1 fully saturated rings. The van der Waals surface area contributed by atoms with E-state index in [-0.39, 0.29) is 10.1 Å². The zero-order valence-electron chi connectivity index (χ0n) is 12.1. The number of hydrogen-bond donors (Lipinski definition) is 2. The molecule has 2 atom stereocenters. The molecule has 112 valence electrons. The minimum atomic E-state index is -0.494. The van der Waals surface area contributed by atoms with Gasteiger partial charge in [-0.25, -0.2) is 0 Å². The Morgan fingerprint density at radius 3 is 2.50 bits per heavy atom. The van der Waals surface area contributed by atoms with Gasteiger partial charge in [0.1, 0.15) is 4.08 Å². The van der Waals surface area contributed by atoms with Crippen molar-refractivity contribution in [1.29, 1.82) is 0 Å².